The maximum atomic E-state index is 11.7. The molecule has 1 rings (SSSR count). The molecular formula is C12H16Cl2N2O. The van der Waals surface area contributed by atoms with Crippen LogP contribution in [-0.4, -0.2) is 11.4 Å². The van der Waals surface area contributed by atoms with Gasteiger partial charge in [0, 0.05) is 12.0 Å². The van der Waals surface area contributed by atoms with E-state index in [1.165, 1.54) is 0 Å². The second-order valence-corrected chi connectivity index (χ2v) is 5.42. The van der Waals surface area contributed by atoms with Crippen molar-refractivity contribution in [1.29, 1.82) is 0 Å². The zero-order chi connectivity index (χ0) is 13.1. The van der Waals surface area contributed by atoms with Gasteiger partial charge in [-0.05, 0) is 32.4 Å². The van der Waals surface area contributed by atoms with Crippen molar-refractivity contribution >= 4 is 34.8 Å². The van der Waals surface area contributed by atoms with Gasteiger partial charge >= 0.3 is 0 Å². The molecular weight excluding hydrogens is 259 g/mol. The summed E-state index contributed by atoms with van der Waals surface area (Å²) in [6, 6.07) is 5.11. The molecule has 3 N–H and O–H groups in total. The Labute approximate surface area is 111 Å². The third-order valence-corrected chi connectivity index (χ3v) is 3.04. The number of rotatable bonds is 4. The molecule has 3 nitrogen and oxygen atoms in total. The fourth-order valence-electron chi connectivity index (χ4n) is 1.25. The molecule has 0 unspecified atom stereocenters. The maximum absolute atomic E-state index is 11.7. The summed E-state index contributed by atoms with van der Waals surface area (Å²) in [6.45, 7) is 3.76. The Bertz CT molecular complexity index is 413. The van der Waals surface area contributed by atoms with Crippen LogP contribution in [0.2, 0.25) is 10.0 Å². The number of hydrogen-bond donors (Lipinski definition) is 2. The van der Waals surface area contributed by atoms with Gasteiger partial charge in [0.05, 0.1) is 15.7 Å². The van der Waals surface area contributed by atoms with E-state index in [9.17, 15) is 4.79 Å². The zero-order valence-electron chi connectivity index (χ0n) is 9.89. The highest BCUT2D eigenvalue weighted by Crippen LogP contribution is 2.29. The monoisotopic (exact) mass is 274 g/mol. The van der Waals surface area contributed by atoms with Crippen molar-refractivity contribution in [2.45, 2.75) is 32.2 Å². The van der Waals surface area contributed by atoms with Gasteiger partial charge in [-0.2, -0.15) is 0 Å². The Morgan fingerprint density at radius 1 is 1.41 bits per heavy atom. The Balaban J connectivity index is 2.60. The van der Waals surface area contributed by atoms with Gasteiger partial charge < -0.3 is 11.1 Å². The third kappa shape index (κ3) is 4.94. The van der Waals surface area contributed by atoms with E-state index in [0.29, 0.717) is 28.6 Å². The van der Waals surface area contributed by atoms with Crippen LogP contribution in [0.25, 0.3) is 0 Å². The second-order valence-electron chi connectivity index (χ2n) is 4.64. The molecule has 94 valence electrons. The number of carbonyl (C=O) groups is 1. The van der Waals surface area contributed by atoms with Crippen molar-refractivity contribution < 1.29 is 4.79 Å². The van der Waals surface area contributed by atoms with Crippen LogP contribution < -0.4 is 11.1 Å². The number of nitrogens with one attached hydrogen (secondary N) is 1. The lowest BCUT2D eigenvalue weighted by Crippen LogP contribution is -2.33. The Morgan fingerprint density at radius 3 is 2.65 bits per heavy atom. The van der Waals surface area contributed by atoms with Crippen LogP contribution in [0, 0.1) is 0 Å². The average Bonchev–Trinajstić information content (AvgIpc) is 2.21. The molecule has 0 aromatic heterocycles. The molecule has 0 aliphatic rings. The van der Waals surface area contributed by atoms with Gasteiger partial charge in [-0.1, -0.05) is 29.3 Å². The molecule has 0 saturated carbocycles. The molecule has 0 aliphatic carbocycles. The summed E-state index contributed by atoms with van der Waals surface area (Å²) >= 11 is 11.8. The summed E-state index contributed by atoms with van der Waals surface area (Å²) < 4.78 is 0. The van der Waals surface area contributed by atoms with Gasteiger partial charge in [0.2, 0.25) is 5.91 Å². The number of amides is 1. The molecule has 0 spiro atoms. The molecule has 17 heavy (non-hydrogen) atoms. The molecule has 0 fully saturated rings. The van der Waals surface area contributed by atoms with Gasteiger partial charge in [0.25, 0.3) is 0 Å². The molecule has 0 radical (unpaired) electrons. The summed E-state index contributed by atoms with van der Waals surface area (Å²) in [4.78, 5) is 11.7. The molecule has 0 saturated heterocycles. The van der Waals surface area contributed by atoms with E-state index in [2.05, 4.69) is 5.32 Å². The first kappa shape index (κ1) is 14.3. The van der Waals surface area contributed by atoms with Crippen LogP contribution in [0.3, 0.4) is 0 Å². The average molecular weight is 275 g/mol. The third-order valence-electron chi connectivity index (χ3n) is 2.22. The van der Waals surface area contributed by atoms with Crippen molar-refractivity contribution in [2.24, 2.45) is 5.73 Å². The van der Waals surface area contributed by atoms with Crippen LogP contribution in [0.1, 0.15) is 26.7 Å². The van der Waals surface area contributed by atoms with E-state index >= 15 is 0 Å². The van der Waals surface area contributed by atoms with Gasteiger partial charge in [-0.25, -0.2) is 0 Å². The lowest BCUT2D eigenvalue weighted by molar-refractivity contribution is -0.116. The molecule has 1 aromatic rings. The molecule has 0 atom stereocenters. The van der Waals surface area contributed by atoms with Crippen LogP contribution >= 0.6 is 23.2 Å². The first-order valence-electron chi connectivity index (χ1n) is 5.32. The van der Waals surface area contributed by atoms with Crippen LogP contribution in [-0.2, 0) is 4.79 Å². The number of benzene rings is 1. The highest BCUT2D eigenvalue weighted by atomic mass is 35.5. The summed E-state index contributed by atoms with van der Waals surface area (Å²) in [5.74, 6) is -0.118. The molecule has 0 bridgehead atoms. The van der Waals surface area contributed by atoms with Crippen LogP contribution in [0.15, 0.2) is 18.2 Å². The quantitative estimate of drug-likeness (QED) is 0.884. The largest absolute Gasteiger partial charge is 0.326 e. The predicted molar refractivity (Wildman–Crippen MR) is 72.6 cm³/mol. The highest BCUT2D eigenvalue weighted by molar-refractivity contribution is 6.43. The van der Waals surface area contributed by atoms with E-state index in [4.69, 9.17) is 28.9 Å². The van der Waals surface area contributed by atoms with E-state index in [1.54, 1.807) is 18.2 Å². The Kier molecular flexibility index (Phi) is 4.80. The summed E-state index contributed by atoms with van der Waals surface area (Å²) in [5.41, 5.74) is 5.98. The smallest absolute Gasteiger partial charge is 0.224 e. The van der Waals surface area contributed by atoms with Gasteiger partial charge in [0.15, 0.2) is 0 Å². The number of halogens is 2. The van der Waals surface area contributed by atoms with E-state index in [-0.39, 0.29) is 11.4 Å². The van der Waals surface area contributed by atoms with E-state index < -0.39 is 0 Å². The van der Waals surface area contributed by atoms with Gasteiger partial charge in [-0.3, -0.25) is 4.79 Å². The summed E-state index contributed by atoms with van der Waals surface area (Å²) in [6.07, 6.45) is 0.962. The van der Waals surface area contributed by atoms with Crippen molar-refractivity contribution in [3.8, 4) is 0 Å². The highest BCUT2D eigenvalue weighted by Gasteiger charge is 2.14. The minimum Gasteiger partial charge on any atom is -0.326 e. The van der Waals surface area contributed by atoms with Crippen molar-refractivity contribution in [2.75, 3.05) is 5.32 Å². The molecule has 1 aromatic carbocycles. The normalized spacial score (nSPS) is 11.4. The molecule has 1 amide bonds. The number of nitrogens with two attached hydrogens (primary N) is 1. The number of hydrogen-bond acceptors (Lipinski definition) is 2. The van der Waals surface area contributed by atoms with Crippen molar-refractivity contribution in [3.63, 3.8) is 0 Å². The molecule has 0 aliphatic heterocycles. The lowest BCUT2D eigenvalue weighted by atomic mass is 10.00. The number of anilines is 1. The minimum atomic E-state index is -0.352. The van der Waals surface area contributed by atoms with E-state index in [0.717, 1.165) is 0 Å². The van der Waals surface area contributed by atoms with Gasteiger partial charge in [-0.15, -0.1) is 0 Å². The summed E-state index contributed by atoms with van der Waals surface area (Å²) in [7, 11) is 0. The minimum absolute atomic E-state index is 0.118. The van der Waals surface area contributed by atoms with Crippen LogP contribution in [0.4, 0.5) is 5.69 Å². The first-order valence-corrected chi connectivity index (χ1v) is 6.08. The zero-order valence-corrected chi connectivity index (χ0v) is 11.4. The van der Waals surface area contributed by atoms with Crippen LogP contribution in [0.5, 0.6) is 0 Å². The lowest BCUT2D eigenvalue weighted by Gasteiger charge is -2.17. The van der Waals surface area contributed by atoms with Crippen molar-refractivity contribution in [3.05, 3.63) is 28.2 Å². The maximum Gasteiger partial charge on any atom is 0.224 e. The SMILES string of the molecule is CC(C)(N)CCC(=O)Nc1cccc(Cl)c1Cl. The molecule has 0 heterocycles. The summed E-state index contributed by atoms with van der Waals surface area (Å²) in [5, 5.41) is 3.49. The predicted octanol–water partition coefficient (Wildman–Crippen LogP) is 3.45. The standard InChI is InChI=1S/C12H16Cl2N2O/c1-12(2,15)7-6-10(17)16-9-5-3-4-8(13)11(9)14/h3-5H,6-7,15H2,1-2H3,(H,16,17). The Hall–Kier alpha value is -0.770. The fourth-order valence-corrected chi connectivity index (χ4v) is 1.60. The Morgan fingerprint density at radius 2 is 2.06 bits per heavy atom. The van der Waals surface area contributed by atoms with E-state index in [1.807, 2.05) is 13.8 Å². The first-order chi connectivity index (χ1) is 7.79. The fraction of sp³-hybridized carbons (Fsp3) is 0.417. The van der Waals surface area contributed by atoms with Crippen molar-refractivity contribution in [1.82, 2.24) is 0 Å². The number of carbonyl (C=O) groups excluding carboxylic acids is 1. The van der Waals surface area contributed by atoms with Gasteiger partial charge in [0.1, 0.15) is 0 Å². The second kappa shape index (κ2) is 5.71. The topological polar surface area (TPSA) is 55.1 Å². The molecule has 5 heteroatoms.